The lowest BCUT2D eigenvalue weighted by Gasteiger charge is -2.40. The summed E-state index contributed by atoms with van der Waals surface area (Å²) in [5.41, 5.74) is 14.8. The lowest BCUT2D eigenvalue weighted by atomic mass is 9.81. The molecule has 0 amide bonds. The van der Waals surface area contributed by atoms with E-state index < -0.39 is 35.6 Å². The Hall–Kier alpha value is -12.0. The summed E-state index contributed by atoms with van der Waals surface area (Å²) in [6, 6.07) is 56.0. The fourth-order valence-corrected chi connectivity index (χ4v) is 17.5. The van der Waals surface area contributed by atoms with Crippen molar-refractivity contribution in [3.63, 3.8) is 0 Å². The minimum Gasteiger partial charge on any atom is -0.618 e. The van der Waals surface area contributed by atoms with Crippen LogP contribution in [0.1, 0.15) is 236 Å². The highest BCUT2D eigenvalue weighted by atomic mass is 16.9. The van der Waals surface area contributed by atoms with Gasteiger partial charge < -0.3 is 57.1 Å². The molecule has 0 saturated carbocycles. The van der Waals surface area contributed by atoms with E-state index in [1.807, 2.05) is 24.3 Å². The Morgan fingerprint density at radius 1 is 0.234 bits per heavy atom. The van der Waals surface area contributed by atoms with E-state index in [4.69, 9.17) is 46.7 Å². The Balaban J connectivity index is 0.00000108. The minimum atomic E-state index is -3.61. The number of rotatable bonds is 0. The maximum absolute atomic E-state index is 15.4. The number of nitrogens with zero attached hydrogens (tertiary/aromatic N) is 4. The lowest BCUT2D eigenvalue weighted by Crippen LogP contribution is -2.60. The maximum atomic E-state index is 15.4. The molecule has 2 spiro atoms. The van der Waals surface area contributed by atoms with Crippen molar-refractivity contribution in [1.29, 1.82) is 0 Å². The number of hydrogen-bond acceptors (Lipinski definition) is 14. The van der Waals surface area contributed by atoms with Crippen molar-refractivity contribution in [2.24, 2.45) is 0 Å². The van der Waals surface area contributed by atoms with E-state index in [0.29, 0.717) is 135 Å². The van der Waals surface area contributed by atoms with E-state index in [0.717, 1.165) is 89.9 Å². The van der Waals surface area contributed by atoms with Crippen molar-refractivity contribution in [2.45, 2.75) is 235 Å². The number of aromatic nitrogens is 4. The number of fused-ring (bicyclic) bond motifs is 22. The van der Waals surface area contributed by atoms with Gasteiger partial charge in [0.2, 0.25) is 12.4 Å². The molecular formula is C108H122B2N4O14. The molecule has 2 fully saturated rings. The van der Waals surface area contributed by atoms with Gasteiger partial charge in [0.15, 0.2) is 12.4 Å². The normalized spacial score (nSPS) is 17.1. The second-order valence-electron chi connectivity index (χ2n) is 43.7. The molecule has 0 unspecified atom stereocenters. The average Bonchev–Trinajstić information content (AvgIpc) is 1.56. The van der Waals surface area contributed by atoms with Crippen molar-refractivity contribution >= 4 is 13.9 Å². The van der Waals surface area contributed by atoms with Crippen LogP contribution in [0, 0.1) is 10.4 Å². The molecule has 7 aliphatic rings. The number of pyridine rings is 4. The van der Waals surface area contributed by atoms with E-state index in [9.17, 15) is 10.4 Å². The summed E-state index contributed by atoms with van der Waals surface area (Å²) >= 11 is 0. The molecular weight excluding hydrogens is 1600 g/mol. The van der Waals surface area contributed by atoms with E-state index in [2.05, 4.69) is 263 Å². The van der Waals surface area contributed by atoms with E-state index >= 15 is 10.4 Å². The van der Waals surface area contributed by atoms with Crippen LogP contribution in [0.25, 0.3) is 112 Å². The Bertz CT molecular complexity index is 5670. The van der Waals surface area contributed by atoms with Gasteiger partial charge >= 0.3 is 25.3 Å². The highest BCUT2D eigenvalue weighted by Gasteiger charge is 2.53. The summed E-state index contributed by atoms with van der Waals surface area (Å²) in [6.07, 6.45) is 11.1. The van der Waals surface area contributed by atoms with Crippen LogP contribution < -0.4 is 56.2 Å². The zero-order chi connectivity index (χ0) is 91.4. The Labute approximate surface area is 754 Å². The molecule has 664 valence electrons. The molecule has 7 aliphatic heterocycles. The van der Waals surface area contributed by atoms with Crippen LogP contribution in [-0.2, 0) is 52.8 Å². The number of ether oxygens (including phenoxy) is 2. The van der Waals surface area contributed by atoms with Crippen LogP contribution in [-0.4, -0.2) is 50.8 Å². The first-order valence-electron chi connectivity index (χ1n) is 45.2. The highest BCUT2D eigenvalue weighted by Crippen LogP contribution is 2.59. The van der Waals surface area contributed by atoms with E-state index in [1.165, 1.54) is 50.5 Å². The topological polar surface area (TPSA) is 194 Å². The van der Waals surface area contributed by atoms with Crippen molar-refractivity contribution in [3.8, 4) is 158 Å². The van der Waals surface area contributed by atoms with Crippen LogP contribution in [0.2, 0.25) is 0 Å². The van der Waals surface area contributed by atoms with E-state index in [-0.39, 0.29) is 44.4 Å². The molecule has 20 heteroatoms. The van der Waals surface area contributed by atoms with E-state index in [1.54, 1.807) is 48.5 Å². The molecule has 2 N–H and O–H groups in total. The standard InChI is InChI=1S/C100H106B2N4O12.2C4H8O/c1-93(2,3)61-25-29-85-73(45-61)77-53-65(97(13,14)15)49-69-57-33-37-103(107)81(41-57)82-43-59(35-39-104(82)108)71-51-67(99(19,20)21)55-79-75-47-63(95(7,8)9)27-31-87(75)113-102(117-91(71)79)114-88-32-28-64(96(10,11)12)48-76(88)80-56-68(100(22,23)24)52-72(92(80)118-102)60-36-40-106(110)84(44-60)83-42-58(34-38-105(83)109)70-50-66(98(16,17)18)54-78-74-46-62(94(4,5)6)26-30-86(74)112-101(111-85,115-89(69)77)116-90(70)78;2*1-2-4-5-3-1/h25-56,107,110H,1-24H3;2*1-4H2/t101-,102-;;/m0../s1. The predicted molar refractivity (Wildman–Crippen MR) is 506 cm³/mol. The molecule has 4 aromatic heterocycles. The van der Waals surface area contributed by atoms with Crippen molar-refractivity contribution in [3.05, 3.63) is 250 Å². The molecule has 14 bridgehead atoms. The second kappa shape index (κ2) is 31.5. The monoisotopic (exact) mass is 1720 g/mol. The van der Waals surface area contributed by atoms with Crippen molar-refractivity contribution in [1.82, 2.24) is 0 Å². The summed E-state index contributed by atoms with van der Waals surface area (Å²) in [4.78, 5) is 0. The molecule has 2 atom stereocenters. The van der Waals surface area contributed by atoms with Gasteiger partial charge in [-0.1, -0.05) is 190 Å². The quantitative estimate of drug-likeness (QED) is 0.0630. The Morgan fingerprint density at radius 2 is 0.438 bits per heavy atom. The van der Waals surface area contributed by atoms with Gasteiger partial charge in [-0.15, -0.1) is 0 Å². The van der Waals surface area contributed by atoms with Crippen LogP contribution in [0.4, 0.5) is 0 Å². The first-order chi connectivity index (χ1) is 60.0. The van der Waals surface area contributed by atoms with Gasteiger partial charge in [0.1, 0.15) is 0 Å². The van der Waals surface area contributed by atoms with Gasteiger partial charge in [-0.25, -0.2) is 0 Å². The molecule has 2 saturated heterocycles. The smallest absolute Gasteiger partial charge is 0.618 e. The van der Waals surface area contributed by atoms with Crippen molar-refractivity contribution < 1.29 is 76.0 Å². The van der Waals surface area contributed by atoms with Crippen LogP contribution in [0.15, 0.2) is 195 Å². The Kier molecular flexibility index (Phi) is 21.6. The van der Waals surface area contributed by atoms with Gasteiger partial charge in [0.05, 0.1) is 46.0 Å². The van der Waals surface area contributed by atoms with Crippen LogP contribution >= 0.6 is 0 Å². The molecule has 11 heterocycles. The largest absolute Gasteiger partial charge is 0.777 e. The van der Waals surface area contributed by atoms with Gasteiger partial charge in [-0.2, -0.15) is 9.46 Å². The third kappa shape index (κ3) is 16.8. The second-order valence-corrected chi connectivity index (χ2v) is 43.7. The molecule has 0 aliphatic carbocycles. The highest BCUT2D eigenvalue weighted by molar-refractivity contribution is 6.59. The minimum absolute atomic E-state index is 0.0825. The fraction of sp³-hybridized carbons (Fsp3) is 0.370. The zero-order valence-electron chi connectivity index (χ0n) is 78.9. The van der Waals surface area contributed by atoms with Gasteiger partial charge in [-0.05, 0) is 233 Å². The van der Waals surface area contributed by atoms with Crippen molar-refractivity contribution in [2.75, 3.05) is 26.4 Å². The molecule has 12 aromatic rings. The van der Waals surface area contributed by atoms with Gasteiger partial charge in [0.25, 0.3) is 11.4 Å². The SMILES string of the molecule is C1CCOC1.C1CCOC1.CC(C)(C)c1ccc2c(c1)-c1cc(C(C)(C)C)cc3c1O[B@-]1(O2)Oc2ccc(C(C)(C)C)cc2-c2cc(C(C)(C)C)cc(c2O1)-c1cc[n+](O)c(c1)-c1cc(cc[n+]1[O-])-c1cc(C(C)(C)C)cc2c1O[B@-]1(Oc4ccc(C(C)(C)C)cc4-2)Oc2ccc(C(C)(C)C)cc2-c2cc(C(C)(C)C)cc(c2O1)-c1cc[n+](O)c(c1)-c1cc-3cc[n+]1[O-]. The summed E-state index contributed by atoms with van der Waals surface area (Å²) in [5, 5.41) is 56.1. The summed E-state index contributed by atoms with van der Waals surface area (Å²) < 4.78 is 75.3. The molecule has 0 radical (unpaired) electrons. The Morgan fingerprint density at radius 3 is 0.648 bits per heavy atom. The van der Waals surface area contributed by atoms with Gasteiger partial charge in [-0.3, -0.25) is 10.4 Å². The molecule has 8 aromatic carbocycles. The molecule has 19 rings (SSSR count). The third-order valence-electron chi connectivity index (χ3n) is 25.6. The predicted octanol–water partition coefficient (Wildman–Crippen LogP) is 24.3. The summed E-state index contributed by atoms with van der Waals surface area (Å²) in [6.45, 7) is 48.8. The lowest BCUT2D eigenvalue weighted by molar-refractivity contribution is -0.898. The fourth-order valence-electron chi connectivity index (χ4n) is 17.5. The van der Waals surface area contributed by atoms with Crippen LogP contribution in [0.3, 0.4) is 0 Å². The van der Waals surface area contributed by atoms with Crippen LogP contribution in [0.5, 0.6) is 46.0 Å². The maximum Gasteiger partial charge on any atom is 0.777 e. The van der Waals surface area contributed by atoms with Gasteiger partial charge in [0, 0.05) is 151 Å². The summed E-state index contributed by atoms with van der Waals surface area (Å²) in [7, 11) is 0. The third-order valence-corrected chi connectivity index (χ3v) is 25.6. The molecule has 18 nitrogen and oxygen atoms in total. The number of hydrogen-bond donors (Lipinski definition) is 2. The molecule has 128 heavy (non-hydrogen) atoms. The first kappa shape index (κ1) is 88.1. The number of benzene rings is 8. The zero-order valence-corrected chi connectivity index (χ0v) is 78.9. The average molecular weight is 1720 g/mol. The summed E-state index contributed by atoms with van der Waals surface area (Å²) in [5.74, 6) is 2.94. The first-order valence-corrected chi connectivity index (χ1v) is 45.2.